The minimum atomic E-state index is -1.01. The summed E-state index contributed by atoms with van der Waals surface area (Å²) in [6, 6.07) is -1.25. The molecule has 0 saturated carbocycles. The van der Waals surface area contributed by atoms with Crippen LogP contribution in [0.15, 0.2) is 10.9 Å². The van der Waals surface area contributed by atoms with Gasteiger partial charge in [-0.15, -0.1) is 11.3 Å². The molecule has 0 aliphatic rings. The van der Waals surface area contributed by atoms with Gasteiger partial charge in [-0.1, -0.05) is 0 Å². The summed E-state index contributed by atoms with van der Waals surface area (Å²) < 4.78 is 0. The monoisotopic (exact) mass is 303 g/mol. The Balaban J connectivity index is 2.48. The van der Waals surface area contributed by atoms with Gasteiger partial charge in [0.25, 0.3) is 0 Å². The Morgan fingerprint density at radius 1 is 1.63 bits per heavy atom. The maximum atomic E-state index is 11.9. The minimum Gasteiger partial charge on any atom is -0.480 e. The Labute approximate surface area is 120 Å². The van der Waals surface area contributed by atoms with Gasteiger partial charge in [-0.25, -0.2) is 14.6 Å². The van der Waals surface area contributed by atoms with Crippen LogP contribution >= 0.6 is 23.1 Å². The van der Waals surface area contributed by atoms with Crippen LogP contribution < -0.4 is 5.32 Å². The van der Waals surface area contributed by atoms with E-state index < -0.39 is 18.0 Å². The van der Waals surface area contributed by atoms with Crippen molar-refractivity contribution in [2.75, 3.05) is 19.1 Å². The van der Waals surface area contributed by atoms with Gasteiger partial charge in [-0.2, -0.15) is 11.8 Å². The third kappa shape index (κ3) is 5.48. The largest absolute Gasteiger partial charge is 0.480 e. The van der Waals surface area contributed by atoms with Crippen LogP contribution in [0.1, 0.15) is 12.1 Å². The molecule has 0 bridgehead atoms. The number of carboxylic acid groups (broad SMARTS) is 1. The number of thioether (sulfide) groups is 1. The van der Waals surface area contributed by atoms with E-state index in [1.807, 2.05) is 11.6 Å². The second-order valence-corrected chi connectivity index (χ2v) is 5.66. The van der Waals surface area contributed by atoms with Crippen LogP contribution in [0.5, 0.6) is 0 Å². The quantitative estimate of drug-likeness (QED) is 0.797. The fraction of sp³-hybridized carbons (Fsp3) is 0.545. The summed E-state index contributed by atoms with van der Waals surface area (Å²) in [5.41, 5.74) is 2.48. The number of aliphatic carboxylic acids is 1. The molecule has 8 heteroatoms. The number of amides is 2. The molecule has 2 amide bonds. The van der Waals surface area contributed by atoms with E-state index in [2.05, 4.69) is 10.3 Å². The summed E-state index contributed by atoms with van der Waals surface area (Å²) >= 11 is 3.01. The highest BCUT2D eigenvalue weighted by Crippen LogP contribution is 2.05. The molecule has 0 fully saturated rings. The molecular weight excluding hydrogens is 286 g/mol. The molecule has 0 aromatic carbocycles. The van der Waals surface area contributed by atoms with Gasteiger partial charge >= 0.3 is 12.0 Å². The van der Waals surface area contributed by atoms with Crippen molar-refractivity contribution in [1.82, 2.24) is 15.2 Å². The first-order valence-electron chi connectivity index (χ1n) is 5.65. The summed E-state index contributed by atoms with van der Waals surface area (Å²) in [5.74, 6) is -0.322. The van der Waals surface area contributed by atoms with E-state index in [0.29, 0.717) is 18.7 Å². The van der Waals surface area contributed by atoms with E-state index in [1.54, 1.807) is 24.3 Å². The first-order valence-corrected chi connectivity index (χ1v) is 7.98. The number of nitrogens with one attached hydrogen (secondary N) is 1. The van der Waals surface area contributed by atoms with E-state index in [4.69, 9.17) is 5.11 Å². The second-order valence-electron chi connectivity index (χ2n) is 3.96. The smallest absolute Gasteiger partial charge is 0.326 e. The van der Waals surface area contributed by atoms with Gasteiger partial charge in [-0.3, -0.25) is 0 Å². The summed E-state index contributed by atoms with van der Waals surface area (Å²) in [4.78, 5) is 28.4. The van der Waals surface area contributed by atoms with Gasteiger partial charge in [0, 0.05) is 12.4 Å². The van der Waals surface area contributed by atoms with Gasteiger partial charge in [0.15, 0.2) is 0 Å². The molecule has 0 radical (unpaired) electrons. The standard InChI is InChI=1S/C11H17N3O3S2/c1-14(5-8-6-19-7-12-8)11(17)13-9(10(15)16)3-4-18-2/h6-7,9H,3-5H2,1-2H3,(H,13,17)(H,15,16). The zero-order chi connectivity index (χ0) is 14.3. The molecule has 1 heterocycles. The van der Waals surface area contributed by atoms with Crippen molar-refractivity contribution in [3.05, 3.63) is 16.6 Å². The SMILES string of the molecule is CSCCC(NC(=O)N(C)Cc1cscn1)C(=O)O. The highest BCUT2D eigenvalue weighted by molar-refractivity contribution is 7.98. The fourth-order valence-electron chi connectivity index (χ4n) is 1.38. The van der Waals surface area contributed by atoms with Crippen molar-refractivity contribution in [2.45, 2.75) is 19.0 Å². The van der Waals surface area contributed by atoms with Gasteiger partial charge in [0.2, 0.25) is 0 Å². The zero-order valence-corrected chi connectivity index (χ0v) is 12.5. The summed E-state index contributed by atoms with van der Waals surface area (Å²) in [6.45, 7) is 0.365. The number of aromatic nitrogens is 1. The molecule has 19 heavy (non-hydrogen) atoms. The molecular formula is C11H17N3O3S2. The van der Waals surface area contributed by atoms with E-state index in [-0.39, 0.29) is 0 Å². The summed E-state index contributed by atoms with van der Waals surface area (Å²) in [7, 11) is 1.61. The van der Waals surface area contributed by atoms with Crippen LogP contribution in [0.3, 0.4) is 0 Å². The molecule has 6 nitrogen and oxygen atoms in total. The van der Waals surface area contributed by atoms with Crippen molar-refractivity contribution < 1.29 is 14.7 Å². The Morgan fingerprint density at radius 3 is 2.89 bits per heavy atom. The van der Waals surface area contributed by atoms with Gasteiger partial charge in [0.05, 0.1) is 17.7 Å². The first kappa shape index (κ1) is 15.8. The summed E-state index contributed by atoms with van der Waals surface area (Å²) in [6.07, 6.45) is 2.31. The third-order valence-electron chi connectivity index (χ3n) is 2.44. The van der Waals surface area contributed by atoms with Gasteiger partial charge < -0.3 is 15.3 Å². The molecule has 1 atom stereocenters. The van der Waals surface area contributed by atoms with Crippen LogP contribution in [0.2, 0.25) is 0 Å². The van der Waals surface area contributed by atoms with Gasteiger partial charge in [0.1, 0.15) is 6.04 Å². The van der Waals surface area contributed by atoms with Crippen LogP contribution in [0, 0.1) is 0 Å². The molecule has 0 saturated heterocycles. The number of nitrogens with zero attached hydrogens (tertiary/aromatic N) is 2. The van der Waals surface area contributed by atoms with Crippen molar-refractivity contribution in [1.29, 1.82) is 0 Å². The van der Waals surface area contributed by atoms with Crippen LogP contribution in [0.25, 0.3) is 0 Å². The average molecular weight is 303 g/mol. The molecule has 1 aromatic heterocycles. The van der Waals surface area contributed by atoms with Crippen LogP contribution in [0.4, 0.5) is 4.79 Å². The molecule has 1 aromatic rings. The number of thiazole rings is 1. The molecule has 1 rings (SSSR count). The predicted octanol–water partition coefficient (Wildman–Crippen LogP) is 1.49. The highest BCUT2D eigenvalue weighted by Gasteiger charge is 2.21. The van der Waals surface area contributed by atoms with E-state index in [9.17, 15) is 9.59 Å². The van der Waals surface area contributed by atoms with Crippen molar-refractivity contribution in [3.63, 3.8) is 0 Å². The van der Waals surface area contributed by atoms with E-state index in [1.165, 1.54) is 16.2 Å². The lowest BCUT2D eigenvalue weighted by atomic mass is 10.2. The predicted molar refractivity (Wildman–Crippen MR) is 76.5 cm³/mol. The van der Waals surface area contributed by atoms with Crippen LogP contribution in [-0.2, 0) is 11.3 Å². The number of carbonyl (C=O) groups is 2. The second kappa shape index (κ2) is 8.00. The number of hydrogen-bond donors (Lipinski definition) is 2. The number of carboxylic acids is 1. The average Bonchev–Trinajstić information content (AvgIpc) is 2.86. The molecule has 0 aliphatic heterocycles. The lowest BCUT2D eigenvalue weighted by molar-refractivity contribution is -0.139. The normalized spacial score (nSPS) is 11.9. The van der Waals surface area contributed by atoms with Crippen molar-refractivity contribution in [3.8, 4) is 0 Å². The van der Waals surface area contributed by atoms with E-state index >= 15 is 0 Å². The topological polar surface area (TPSA) is 82.5 Å². The fourth-order valence-corrected chi connectivity index (χ4v) is 2.40. The Morgan fingerprint density at radius 2 is 2.37 bits per heavy atom. The summed E-state index contributed by atoms with van der Waals surface area (Å²) in [5, 5.41) is 13.4. The third-order valence-corrected chi connectivity index (χ3v) is 3.72. The minimum absolute atomic E-state index is 0.365. The van der Waals surface area contributed by atoms with Crippen LogP contribution in [-0.4, -0.2) is 52.1 Å². The van der Waals surface area contributed by atoms with Crippen molar-refractivity contribution in [2.24, 2.45) is 0 Å². The molecule has 1 unspecified atom stereocenters. The van der Waals surface area contributed by atoms with Gasteiger partial charge in [-0.05, 0) is 18.4 Å². The highest BCUT2D eigenvalue weighted by atomic mass is 32.2. The zero-order valence-electron chi connectivity index (χ0n) is 10.8. The molecule has 0 aliphatic carbocycles. The lowest BCUT2D eigenvalue weighted by Gasteiger charge is -2.20. The van der Waals surface area contributed by atoms with E-state index in [0.717, 1.165) is 5.69 Å². The number of rotatable bonds is 7. The Hall–Kier alpha value is -1.28. The number of hydrogen-bond acceptors (Lipinski definition) is 5. The lowest BCUT2D eigenvalue weighted by Crippen LogP contribution is -2.46. The Kier molecular flexibility index (Phi) is 6.65. The van der Waals surface area contributed by atoms with Crippen molar-refractivity contribution >= 4 is 35.1 Å². The number of carbonyl (C=O) groups excluding carboxylic acids is 1. The molecule has 2 N–H and O–H groups in total. The Bertz CT molecular complexity index is 411. The number of urea groups is 1. The molecule has 106 valence electrons. The molecule has 0 spiro atoms. The maximum absolute atomic E-state index is 11.9. The first-order chi connectivity index (χ1) is 9.04. The maximum Gasteiger partial charge on any atom is 0.326 e.